The average Bonchev–Trinajstić information content (AvgIpc) is 2.36. The van der Waals surface area contributed by atoms with E-state index in [9.17, 15) is 9.50 Å². The molecule has 0 unspecified atom stereocenters. The number of benzene rings is 1. The van der Waals surface area contributed by atoms with E-state index in [1.165, 1.54) is 13.2 Å². The van der Waals surface area contributed by atoms with E-state index in [1.807, 2.05) is 13.8 Å². The predicted molar refractivity (Wildman–Crippen MR) is 79.3 cm³/mol. The lowest BCUT2D eigenvalue weighted by atomic mass is 9.73. The fourth-order valence-corrected chi connectivity index (χ4v) is 2.23. The molecule has 6 heteroatoms. The third-order valence-corrected chi connectivity index (χ3v) is 3.49. The first-order valence-corrected chi connectivity index (χ1v) is 6.97. The first-order valence-electron chi connectivity index (χ1n) is 6.97. The van der Waals surface area contributed by atoms with Crippen LogP contribution in [0.2, 0.25) is 0 Å². The second-order valence-electron chi connectivity index (χ2n) is 6.76. The summed E-state index contributed by atoms with van der Waals surface area (Å²) in [5.41, 5.74) is -0.315. The number of methoxy groups -OCH3 is 1. The zero-order chi connectivity index (χ0) is 15.8. The Hall–Kier alpha value is -1.11. The number of rotatable bonds is 3. The maximum Gasteiger partial charge on any atom is 0.497 e. The number of halogens is 1. The molecule has 0 bridgehead atoms. The SMILES string of the molecule is COc1c(F)cc(C(C)(C)O)cc1B1OCC(C)(C)CO1. The molecule has 1 aromatic carbocycles. The summed E-state index contributed by atoms with van der Waals surface area (Å²) in [7, 11) is 0.711. The highest BCUT2D eigenvalue weighted by atomic mass is 19.1. The quantitative estimate of drug-likeness (QED) is 0.865. The van der Waals surface area contributed by atoms with Crippen LogP contribution < -0.4 is 10.2 Å². The Morgan fingerprint density at radius 2 is 1.86 bits per heavy atom. The van der Waals surface area contributed by atoms with Gasteiger partial charge in [0.2, 0.25) is 0 Å². The third-order valence-electron chi connectivity index (χ3n) is 3.49. The predicted octanol–water partition coefficient (Wildman–Crippen LogP) is 1.83. The minimum Gasteiger partial charge on any atom is -0.494 e. The van der Waals surface area contributed by atoms with Crippen LogP contribution in [0.5, 0.6) is 5.75 Å². The molecule has 2 rings (SSSR count). The highest BCUT2D eigenvalue weighted by Crippen LogP contribution is 2.27. The molecule has 1 aliphatic heterocycles. The molecule has 0 amide bonds. The Bertz CT molecular complexity index is 515. The summed E-state index contributed by atoms with van der Waals surface area (Å²) >= 11 is 0. The fraction of sp³-hybridized carbons (Fsp3) is 0.600. The van der Waals surface area contributed by atoms with E-state index in [-0.39, 0.29) is 11.2 Å². The van der Waals surface area contributed by atoms with Crippen LogP contribution in [-0.4, -0.2) is 32.5 Å². The van der Waals surface area contributed by atoms with Crippen LogP contribution >= 0.6 is 0 Å². The molecule has 1 aliphatic rings. The van der Waals surface area contributed by atoms with Crippen LogP contribution in [0.15, 0.2) is 12.1 Å². The number of hydrogen-bond acceptors (Lipinski definition) is 4. The molecule has 21 heavy (non-hydrogen) atoms. The van der Waals surface area contributed by atoms with E-state index in [0.717, 1.165) is 0 Å². The minimum absolute atomic E-state index is 0.0733. The van der Waals surface area contributed by atoms with Crippen LogP contribution in [-0.2, 0) is 14.9 Å². The highest BCUT2D eigenvalue weighted by Gasteiger charge is 2.37. The lowest BCUT2D eigenvalue weighted by molar-refractivity contribution is 0.0340. The Morgan fingerprint density at radius 3 is 2.33 bits per heavy atom. The summed E-state index contributed by atoms with van der Waals surface area (Å²) in [6, 6.07) is 2.94. The van der Waals surface area contributed by atoms with Crippen LogP contribution in [0.4, 0.5) is 4.39 Å². The fourth-order valence-electron chi connectivity index (χ4n) is 2.23. The van der Waals surface area contributed by atoms with Crippen LogP contribution in [0.25, 0.3) is 0 Å². The van der Waals surface area contributed by atoms with Crippen LogP contribution in [0.3, 0.4) is 0 Å². The topological polar surface area (TPSA) is 47.9 Å². The molecule has 1 fully saturated rings. The molecular formula is C15H22BFO4. The summed E-state index contributed by atoms with van der Waals surface area (Å²) in [5.74, 6) is -0.447. The van der Waals surface area contributed by atoms with E-state index in [2.05, 4.69) is 0 Å². The van der Waals surface area contributed by atoms with Crippen molar-refractivity contribution in [2.75, 3.05) is 20.3 Å². The Morgan fingerprint density at radius 1 is 1.29 bits per heavy atom. The molecule has 0 spiro atoms. The standard InChI is InChI=1S/C15H22BFO4/c1-14(2)8-20-16(21-9-14)11-6-10(15(3,4)18)7-12(17)13(11)19-5/h6-7,18H,8-9H2,1-5H3. The van der Waals surface area contributed by atoms with Gasteiger partial charge >= 0.3 is 7.12 Å². The van der Waals surface area contributed by atoms with Crippen LogP contribution in [0.1, 0.15) is 33.3 Å². The maximum atomic E-state index is 14.2. The van der Waals surface area contributed by atoms with E-state index < -0.39 is 18.5 Å². The first kappa shape index (κ1) is 16.3. The summed E-state index contributed by atoms with van der Waals surface area (Å²) in [4.78, 5) is 0. The lowest BCUT2D eigenvalue weighted by Gasteiger charge is -2.33. The van der Waals surface area contributed by atoms with Gasteiger partial charge in [-0.15, -0.1) is 0 Å². The molecule has 4 nitrogen and oxygen atoms in total. The van der Waals surface area contributed by atoms with Crippen LogP contribution in [0, 0.1) is 11.2 Å². The molecule has 0 radical (unpaired) electrons. The van der Waals surface area contributed by atoms with E-state index in [0.29, 0.717) is 24.2 Å². The summed E-state index contributed by atoms with van der Waals surface area (Å²) in [6.45, 7) is 8.29. The first-order chi connectivity index (χ1) is 9.64. The summed E-state index contributed by atoms with van der Waals surface area (Å²) in [6.07, 6.45) is 0. The van der Waals surface area contributed by atoms with Gasteiger partial charge in [-0.2, -0.15) is 0 Å². The molecule has 0 aliphatic carbocycles. The normalized spacial score (nSPS) is 18.7. The smallest absolute Gasteiger partial charge is 0.494 e. The monoisotopic (exact) mass is 296 g/mol. The van der Waals surface area contributed by atoms with Crippen molar-refractivity contribution in [2.24, 2.45) is 5.41 Å². The molecule has 1 N–H and O–H groups in total. The zero-order valence-corrected chi connectivity index (χ0v) is 13.2. The molecule has 1 saturated heterocycles. The zero-order valence-electron chi connectivity index (χ0n) is 13.2. The van der Waals surface area contributed by atoms with Gasteiger partial charge in [-0.3, -0.25) is 0 Å². The second kappa shape index (κ2) is 5.59. The summed E-state index contributed by atoms with van der Waals surface area (Å²) < 4.78 is 30.7. The van der Waals surface area contributed by atoms with Crippen molar-refractivity contribution in [2.45, 2.75) is 33.3 Å². The van der Waals surface area contributed by atoms with Gasteiger partial charge in [-0.1, -0.05) is 19.9 Å². The average molecular weight is 296 g/mol. The van der Waals surface area contributed by atoms with Crippen molar-refractivity contribution in [1.29, 1.82) is 0 Å². The molecular weight excluding hydrogens is 274 g/mol. The Kier molecular flexibility index (Phi) is 4.33. The Labute approximate surface area is 125 Å². The van der Waals surface area contributed by atoms with Crippen molar-refractivity contribution in [3.8, 4) is 5.75 Å². The molecule has 0 saturated carbocycles. The maximum absolute atomic E-state index is 14.2. The van der Waals surface area contributed by atoms with Gasteiger partial charge in [0.25, 0.3) is 0 Å². The number of hydrogen-bond donors (Lipinski definition) is 1. The number of ether oxygens (including phenoxy) is 1. The highest BCUT2D eigenvalue weighted by molar-refractivity contribution is 6.62. The number of aliphatic hydroxyl groups is 1. The second-order valence-corrected chi connectivity index (χ2v) is 6.76. The summed E-state index contributed by atoms with van der Waals surface area (Å²) in [5, 5.41) is 10.1. The van der Waals surface area contributed by atoms with Crippen molar-refractivity contribution >= 4 is 12.6 Å². The largest absolute Gasteiger partial charge is 0.497 e. The van der Waals surface area contributed by atoms with Gasteiger partial charge in [0, 0.05) is 24.1 Å². The van der Waals surface area contributed by atoms with Gasteiger partial charge in [0.15, 0.2) is 11.6 Å². The van der Waals surface area contributed by atoms with Crippen molar-refractivity contribution in [3.63, 3.8) is 0 Å². The van der Waals surface area contributed by atoms with Gasteiger partial charge in [0.1, 0.15) is 0 Å². The van der Waals surface area contributed by atoms with Gasteiger partial charge in [0.05, 0.1) is 12.7 Å². The minimum atomic E-state index is -1.16. The van der Waals surface area contributed by atoms with Crippen molar-refractivity contribution < 1.29 is 23.5 Å². The van der Waals surface area contributed by atoms with E-state index >= 15 is 0 Å². The molecule has 0 aromatic heterocycles. The van der Waals surface area contributed by atoms with E-state index in [4.69, 9.17) is 14.0 Å². The van der Waals surface area contributed by atoms with Gasteiger partial charge in [-0.25, -0.2) is 4.39 Å². The molecule has 1 heterocycles. The lowest BCUT2D eigenvalue weighted by Crippen LogP contribution is -2.48. The van der Waals surface area contributed by atoms with Gasteiger partial charge < -0.3 is 19.2 Å². The molecule has 116 valence electrons. The molecule has 0 atom stereocenters. The van der Waals surface area contributed by atoms with Crippen molar-refractivity contribution in [3.05, 3.63) is 23.5 Å². The third kappa shape index (κ3) is 3.57. The van der Waals surface area contributed by atoms with E-state index in [1.54, 1.807) is 19.9 Å². The van der Waals surface area contributed by atoms with Crippen molar-refractivity contribution in [1.82, 2.24) is 0 Å². The van der Waals surface area contributed by atoms with Gasteiger partial charge in [-0.05, 0) is 25.5 Å². The molecule has 1 aromatic rings. The Balaban J connectivity index is 2.40.